The third kappa shape index (κ3) is 2.22. The van der Waals surface area contributed by atoms with Gasteiger partial charge in [0.05, 0.1) is 6.61 Å². The van der Waals surface area contributed by atoms with Crippen molar-refractivity contribution in [2.75, 3.05) is 6.61 Å². The van der Waals surface area contributed by atoms with E-state index >= 15 is 0 Å². The number of rotatable bonds is 1. The molecule has 0 fully saturated rings. The largest absolute Gasteiger partial charge is 0.493 e. The Labute approximate surface area is 176 Å². The molecule has 2 nitrogen and oxygen atoms in total. The van der Waals surface area contributed by atoms with Crippen LogP contribution in [0.3, 0.4) is 0 Å². The van der Waals surface area contributed by atoms with Crippen LogP contribution in [0.15, 0.2) is 78.9 Å². The average molecular weight is 390 g/mol. The molecule has 0 aromatic heterocycles. The second kappa shape index (κ2) is 6.56. The van der Waals surface area contributed by atoms with Crippen molar-refractivity contribution in [3.8, 4) is 5.75 Å². The lowest BCUT2D eigenvalue weighted by atomic mass is 9.63. The van der Waals surface area contributed by atoms with Crippen LogP contribution < -0.4 is 4.74 Å². The lowest BCUT2D eigenvalue weighted by Gasteiger charge is -2.36. The Kier molecular flexibility index (Phi) is 3.82. The van der Waals surface area contributed by atoms with Crippen LogP contribution in [-0.4, -0.2) is 12.4 Å². The maximum absolute atomic E-state index is 13.9. The summed E-state index contributed by atoms with van der Waals surface area (Å²) in [5, 5.41) is 0. The van der Waals surface area contributed by atoms with Crippen molar-refractivity contribution in [3.63, 3.8) is 0 Å². The molecule has 30 heavy (non-hydrogen) atoms. The predicted molar refractivity (Wildman–Crippen MR) is 120 cm³/mol. The minimum absolute atomic E-state index is 0.132. The molecule has 0 saturated carbocycles. The zero-order valence-electron chi connectivity index (χ0n) is 16.7. The second-order valence-corrected chi connectivity index (χ2v) is 8.24. The Morgan fingerprint density at radius 1 is 0.767 bits per heavy atom. The van der Waals surface area contributed by atoms with Gasteiger partial charge in [-0.2, -0.15) is 0 Å². The molecule has 0 unspecified atom stereocenters. The number of hydrogen-bond donors (Lipinski definition) is 0. The molecule has 0 amide bonds. The highest BCUT2D eigenvalue weighted by molar-refractivity contribution is 6.23. The highest BCUT2D eigenvalue weighted by atomic mass is 16.5. The molecule has 2 aliphatic carbocycles. The van der Waals surface area contributed by atoms with Gasteiger partial charge in [0.2, 0.25) is 0 Å². The van der Waals surface area contributed by atoms with E-state index in [0.717, 1.165) is 65.0 Å². The summed E-state index contributed by atoms with van der Waals surface area (Å²) in [7, 11) is 0. The topological polar surface area (TPSA) is 26.3 Å². The van der Waals surface area contributed by atoms with Crippen molar-refractivity contribution in [3.05, 3.63) is 107 Å². The quantitative estimate of drug-likeness (QED) is 0.505. The van der Waals surface area contributed by atoms with Gasteiger partial charge in [0, 0.05) is 5.56 Å². The molecule has 2 heteroatoms. The highest BCUT2D eigenvalue weighted by Crippen LogP contribution is 2.60. The van der Waals surface area contributed by atoms with E-state index in [-0.39, 0.29) is 5.78 Å². The summed E-state index contributed by atoms with van der Waals surface area (Å²) in [6.07, 6.45) is 6.76. The van der Waals surface area contributed by atoms with Crippen LogP contribution in [0.25, 0.3) is 17.2 Å². The van der Waals surface area contributed by atoms with Crippen LogP contribution in [0.4, 0.5) is 0 Å². The average Bonchev–Trinajstić information content (AvgIpc) is 3.07. The Bertz CT molecular complexity index is 1230. The molecule has 6 rings (SSSR count). The molecule has 1 heterocycles. The Hall–Kier alpha value is -3.39. The van der Waals surface area contributed by atoms with Gasteiger partial charge < -0.3 is 4.74 Å². The molecule has 146 valence electrons. The first kappa shape index (κ1) is 17.5. The van der Waals surface area contributed by atoms with Crippen LogP contribution in [0.2, 0.25) is 0 Å². The van der Waals surface area contributed by atoms with E-state index < -0.39 is 5.41 Å². The van der Waals surface area contributed by atoms with E-state index in [0.29, 0.717) is 0 Å². The summed E-state index contributed by atoms with van der Waals surface area (Å²) in [6, 6.07) is 25.0. The number of allylic oxidation sites excluding steroid dienone is 3. The third-order valence-corrected chi connectivity index (χ3v) is 6.70. The number of hydrogen-bond acceptors (Lipinski definition) is 2. The van der Waals surface area contributed by atoms with Gasteiger partial charge in [-0.3, -0.25) is 4.79 Å². The van der Waals surface area contributed by atoms with Gasteiger partial charge in [0.1, 0.15) is 11.2 Å². The minimum atomic E-state index is -0.818. The molecule has 1 aliphatic heterocycles. The molecular formula is C28H22O2. The van der Waals surface area contributed by atoms with E-state index in [1.807, 2.05) is 30.3 Å². The lowest BCUT2D eigenvalue weighted by Crippen LogP contribution is -2.38. The summed E-state index contributed by atoms with van der Waals surface area (Å²) >= 11 is 0. The van der Waals surface area contributed by atoms with Crippen LogP contribution in [0.1, 0.15) is 47.1 Å². The van der Waals surface area contributed by atoms with Crippen LogP contribution in [-0.2, 0) is 10.2 Å². The van der Waals surface area contributed by atoms with E-state index in [4.69, 9.17) is 4.74 Å². The normalized spacial score (nSPS) is 21.7. The molecule has 0 radical (unpaired) electrons. The lowest BCUT2D eigenvalue weighted by molar-refractivity contribution is -0.116. The predicted octanol–water partition coefficient (Wildman–Crippen LogP) is 6.06. The minimum Gasteiger partial charge on any atom is -0.493 e. The molecule has 1 atom stereocenters. The molecular weight excluding hydrogens is 368 g/mol. The third-order valence-electron chi connectivity index (χ3n) is 6.70. The molecule has 3 aromatic rings. The first-order chi connectivity index (χ1) is 14.8. The summed E-state index contributed by atoms with van der Waals surface area (Å²) in [5.74, 6) is 1.04. The van der Waals surface area contributed by atoms with Crippen molar-refractivity contribution < 1.29 is 9.53 Å². The fourth-order valence-corrected chi connectivity index (χ4v) is 5.54. The smallest absolute Gasteiger partial charge is 0.175 e. The zero-order valence-corrected chi connectivity index (χ0v) is 16.7. The van der Waals surface area contributed by atoms with Crippen molar-refractivity contribution >= 4 is 23.0 Å². The van der Waals surface area contributed by atoms with Gasteiger partial charge in [-0.25, -0.2) is 0 Å². The summed E-state index contributed by atoms with van der Waals surface area (Å²) in [5.41, 5.74) is 7.09. The molecule has 0 saturated heterocycles. The van der Waals surface area contributed by atoms with Gasteiger partial charge in [-0.05, 0) is 64.8 Å². The summed E-state index contributed by atoms with van der Waals surface area (Å²) in [6.45, 7) is 0.724. The van der Waals surface area contributed by atoms with Crippen LogP contribution in [0, 0.1) is 0 Å². The van der Waals surface area contributed by atoms with Gasteiger partial charge in [-0.1, -0.05) is 72.8 Å². The number of carbonyl (C=O) groups is 1. The summed E-state index contributed by atoms with van der Waals surface area (Å²) < 4.78 is 6.20. The highest BCUT2D eigenvalue weighted by Gasteiger charge is 2.53. The van der Waals surface area contributed by atoms with Crippen molar-refractivity contribution in [2.24, 2.45) is 0 Å². The van der Waals surface area contributed by atoms with E-state index in [1.54, 1.807) is 6.08 Å². The standard InChI is InChI=1S/C28H22O2/c29-25-17-16-19-9-4-5-13-22(19)28(25)23-14-8-15-24-26(23)21(12-6-7-18-30-24)27(28)20-10-2-1-3-11-20/h1-5,8-11,13-17H,6-7,12,18H2/t28-/m0/s1. The summed E-state index contributed by atoms with van der Waals surface area (Å²) in [4.78, 5) is 13.9. The Morgan fingerprint density at radius 2 is 1.57 bits per heavy atom. The number of fused-ring (bicyclic) bond motifs is 3. The molecule has 1 spiro atoms. The van der Waals surface area contributed by atoms with Crippen LogP contribution in [0.5, 0.6) is 5.75 Å². The number of carbonyl (C=O) groups excluding carboxylic acids is 1. The molecule has 3 aliphatic rings. The second-order valence-electron chi connectivity index (χ2n) is 8.24. The molecule has 0 bridgehead atoms. The van der Waals surface area contributed by atoms with Gasteiger partial charge in [-0.15, -0.1) is 0 Å². The maximum Gasteiger partial charge on any atom is 0.175 e. The van der Waals surface area contributed by atoms with Crippen molar-refractivity contribution in [1.29, 1.82) is 0 Å². The van der Waals surface area contributed by atoms with Crippen molar-refractivity contribution in [1.82, 2.24) is 0 Å². The van der Waals surface area contributed by atoms with Gasteiger partial charge >= 0.3 is 0 Å². The van der Waals surface area contributed by atoms with Gasteiger partial charge in [0.15, 0.2) is 5.78 Å². The van der Waals surface area contributed by atoms with Gasteiger partial charge in [0.25, 0.3) is 0 Å². The monoisotopic (exact) mass is 390 g/mol. The number of benzene rings is 3. The van der Waals surface area contributed by atoms with E-state index in [9.17, 15) is 4.79 Å². The van der Waals surface area contributed by atoms with E-state index in [1.165, 1.54) is 5.57 Å². The molecule has 3 aromatic carbocycles. The number of ether oxygens (including phenoxy) is 1. The maximum atomic E-state index is 13.9. The van der Waals surface area contributed by atoms with Crippen LogP contribution >= 0.6 is 0 Å². The van der Waals surface area contributed by atoms with E-state index in [2.05, 4.69) is 48.5 Å². The fourth-order valence-electron chi connectivity index (χ4n) is 5.54. The van der Waals surface area contributed by atoms with Crippen molar-refractivity contribution in [2.45, 2.75) is 24.7 Å². The fraction of sp³-hybridized carbons (Fsp3) is 0.179. The number of ketones is 1. The Morgan fingerprint density at radius 3 is 2.47 bits per heavy atom. The first-order valence-corrected chi connectivity index (χ1v) is 10.7. The Balaban J connectivity index is 1.80. The first-order valence-electron chi connectivity index (χ1n) is 10.7. The zero-order chi connectivity index (χ0) is 20.1. The molecule has 0 N–H and O–H groups in total. The SMILES string of the molecule is O=C1C=Cc2ccccc2[C@@]12C(c1ccccc1)=C1CCCCOc3cccc2c31.